The van der Waals surface area contributed by atoms with Crippen LogP contribution in [0.2, 0.25) is 5.02 Å². The van der Waals surface area contributed by atoms with Crippen LogP contribution in [0.15, 0.2) is 78.9 Å². The number of amides is 2. The van der Waals surface area contributed by atoms with E-state index in [0.29, 0.717) is 10.7 Å². The van der Waals surface area contributed by atoms with Crippen LogP contribution < -0.4 is 9.62 Å². The van der Waals surface area contributed by atoms with Crippen LogP contribution in [-0.4, -0.2) is 50.0 Å². The molecule has 0 fully saturated rings. The molecule has 10 heteroatoms. The highest BCUT2D eigenvalue weighted by Crippen LogP contribution is 2.22. The number of benzene rings is 3. The molecule has 0 radical (unpaired) electrons. The Morgan fingerprint density at radius 2 is 1.56 bits per heavy atom. The van der Waals surface area contributed by atoms with E-state index < -0.39 is 28.5 Å². The number of hydrogen-bond donors (Lipinski definition) is 1. The van der Waals surface area contributed by atoms with Gasteiger partial charge in [0, 0.05) is 27.6 Å². The van der Waals surface area contributed by atoms with E-state index in [1.807, 2.05) is 44.2 Å². The van der Waals surface area contributed by atoms with E-state index in [1.165, 1.54) is 4.90 Å². The molecular weight excluding hydrogens is 649 g/mol. The number of carbonyl (C=O) groups excluding carboxylic acids is 2. The minimum Gasteiger partial charge on any atom is -0.352 e. The molecular formula is C29H33ClIN3O4S. The quantitative estimate of drug-likeness (QED) is 0.264. The smallest absolute Gasteiger partial charge is 0.244 e. The molecule has 208 valence electrons. The zero-order valence-electron chi connectivity index (χ0n) is 22.2. The Kier molecular flexibility index (Phi) is 11.2. The van der Waals surface area contributed by atoms with Crippen LogP contribution in [-0.2, 0) is 32.6 Å². The Labute approximate surface area is 249 Å². The van der Waals surface area contributed by atoms with Gasteiger partial charge in [0.2, 0.25) is 21.8 Å². The van der Waals surface area contributed by atoms with Crippen molar-refractivity contribution < 1.29 is 18.0 Å². The van der Waals surface area contributed by atoms with Gasteiger partial charge >= 0.3 is 0 Å². The molecule has 0 aromatic heterocycles. The fraction of sp³-hybridized carbons (Fsp3) is 0.310. The van der Waals surface area contributed by atoms with Crippen molar-refractivity contribution in [3.05, 3.63) is 98.6 Å². The lowest BCUT2D eigenvalue weighted by Gasteiger charge is -2.34. The fourth-order valence-electron chi connectivity index (χ4n) is 4.00. The third-order valence-electron chi connectivity index (χ3n) is 6.33. The Balaban J connectivity index is 2.04. The summed E-state index contributed by atoms with van der Waals surface area (Å²) in [6.45, 7) is 3.53. The first kappa shape index (κ1) is 30.9. The van der Waals surface area contributed by atoms with E-state index in [2.05, 4.69) is 27.9 Å². The summed E-state index contributed by atoms with van der Waals surface area (Å²) in [7, 11) is -3.80. The number of rotatable bonds is 12. The lowest BCUT2D eigenvalue weighted by atomic mass is 10.0. The van der Waals surface area contributed by atoms with E-state index in [9.17, 15) is 18.0 Å². The molecule has 0 saturated carbocycles. The van der Waals surface area contributed by atoms with E-state index in [0.717, 1.165) is 31.7 Å². The number of sulfonamides is 1. The molecule has 0 unspecified atom stereocenters. The van der Waals surface area contributed by atoms with E-state index >= 15 is 0 Å². The summed E-state index contributed by atoms with van der Waals surface area (Å²) in [6, 6.07) is 22.4. The van der Waals surface area contributed by atoms with Crippen molar-refractivity contribution in [2.75, 3.05) is 17.1 Å². The molecule has 0 saturated heterocycles. The first-order valence-corrected chi connectivity index (χ1v) is 15.9. The Morgan fingerprint density at radius 1 is 0.949 bits per heavy atom. The monoisotopic (exact) mass is 681 g/mol. The number of nitrogens with zero attached hydrogens (tertiary/aromatic N) is 2. The highest BCUT2D eigenvalue weighted by Gasteiger charge is 2.33. The van der Waals surface area contributed by atoms with Gasteiger partial charge in [0.25, 0.3) is 0 Å². The number of halogens is 2. The maximum Gasteiger partial charge on any atom is 0.244 e. The molecule has 7 nitrogen and oxygen atoms in total. The molecule has 3 rings (SSSR count). The fourth-order valence-corrected chi connectivity index (χ4v) is 5.34. The zero-order valence-corrected chi connectivity index (χ0v) is 25.9. The van der Waals surface area contributed by atoms with E-state index in [-0.39, 0.29) is 24.9 Å². The molecule has 3 aromatic rings. The second-order valence-corrected chi connectivity index (χ2v) is 13.0. The first-order chi connectivity index (χ1) is 18.5. The number of nitrogens with one attached hydrogen (secondary N) is 1. The standard InChI is InChI=1S/C29H33ClIN3O4S/c1-4-21(2)32-29(36)27(18-22-8-6-5-7-9-22)33(19-23-10-12-24(30)13-11-23)28(35)20-34(39(3,37)38)26-16-14-25(31)15-17-26/h5-17,21,27H,4,18-20H2,1-3H3,(H,32,36)/t21-,27+/m0/s1. The van der Waals surface area contributed by atoms with Crippen molar-refractivity contribution in [1.82, 2.24) is 10.2 Å². The molecule has 39 heavy (non-hydrogen) atoms. The molecule has 0 aliphatic heterocycles. The molecule has 0 spiro atoms. The molecule has 2 amide bonds. The summed E-state index contributed by atoms with van der Waals surface area (Å²) < 4.78 is 27.6. The van der Waals surface area contributed by atoms with Crippen molar-refractivity contribution in [1.29, 1.82) is 0 Å². The predicted molar refractivity (Wildman–Crippen MR) is 165 cm³/mol. The predicted octanol–water partition coefficient (Wildman–Crippen LogP) is 5.27. The second-order valence-electron chi connectivity index (χ2n) is 9.42. The van der Waals surface area contributed by atoms with Crippen LogP contribution in [0.4, 0.5) is 5.69 Å². The van der Waals surface area contributed by atoms with Crippen molar-refractivity contribution in [2.45, 2.75) is 45.3 Å². The molecule has 0 bridgehead atoms. The van der Waals surface area contributed by atoms with Crippen LogP contribution in [0.25, 0.3) is 0 Å². The van der Waals surface area contributed by atoms with Gasteiger partial charge in [-0.2, -0.15) is 0 Å². The summed E-state index contributed by atoms with van der Waals surface area (Å²) in [5, 5.41) is 3.56. The molecule has 3 aromatic carbocycles. The van der Waals surface area contributed by atoms with Gasteiger partial charge in [0.05, 0.1) is 11.9 Å². The van der Waals surface area contributed by atoms with Gasteiger partial charge in [-0.05, 0) is 83.5 Å². The van der Waals surface area contributed by atoms with E-state index in [1.54, 1.807) is 48.5 Å². The molecule has 1 N–H and O–H groups in total. The van der Waals surface area contributed by atoms with Crippen molar-refractivity contribution >= 4 is 61.7 Å². The van der Waals surface area contributed by atoms with Crippen LogP contribution in [0.1, 0.15) is 31.4 Å². The maximum absolute atomic E-state index is 14.0. The number of anilines is 1. The van der Waals surface area contributed by atoms with Gasteiger partial charge < -0.3 is 10.2 Å². The Hall–Kier alpha value is -2.63. The minimum atomic E-state index is -3.80. The van der Waals surface area contributed by atoms with Crippen molar-refractivity contribution in [3.63, 3.8) is 0 Å². The summed E-state index contributed by atoms with van der Waals surface area (Å²) in [5.41, 5.74) is 2.03. The average Bonchev–Trinajstić information content (AvgIpc) is 2.90. The topological polar surface area (TPSA) is 86.8 Å². The van der Waals surface area contributed by atoms with Crippen LogP contribution in [0.3, 0.4) is 0 Å². The Bertz CT molecular complexity index is 1350. The van der Waals surface area contributed by atoms with Crippen LogP contribution in [0, 0.1) is 3.57 Å². The minimum absolute atomic E-state index is 0.0948. The van der Waals surface area contributed by atoms with E-state index in [4.69, 9.17) is 11.6 Å². The maximum atomic E-state index is 14.0. The highest BCUT2D eigenvalue weighted by atomic mass is 127. The second kappa shape index (κ2) is 14.1. The third-order valence-corrected chi connectivity index (χ3v) is 8.44. The number of hydrogen-bond acceptors (Lipinski definition) is 4. The zero-order chi connectivity index (χ0) is 28.6. The van der Waals surface area contributed by atoms with Crippen molar-refractivity contribution in [2.24, 2.45) is 0 Å². The van der Waals surface area contributed by atoms with Gasteiger partial charge in [0.1, 0.15) is 12.6 Å². The molecule has 0 aliphatic carbocycles. The number of carbonyl (C=O) groups is 2. The Morgan fingerprint density at radius 3 is 2.13 bits per heavy atom. The van der Waals surface area contributed by atoms with Gasteiger partial charge in [0.15, 0.2) is 0 Å². The lowest BCUT2D eigenvalue weighted by Crippen LogP contribution is -2.54. The van der Waals surface area contributed by atoms with Crippen LogP contribution >= 0.6 is 34.2 Å². The SMILES string of the molecule is CC[C@H](C)NC(=O)[C@@H](Cc1ccccc1)N(Cc1ccc(Cl)cc1)C(=O)CN(c1ccc(I)cc1)S(C)(=O)=O. The molecule has 0 aliphatic rings. The third kappa shape index (κ3) is 9.22. The lowest BCUT2D eigenvalue weighted by molar-refractivity contribution is -0.140. The van der Waals surface area contributed by atoms with Gasteiger partial charge in [-0.15, -0.1) is 0 Å². The summed E-state index contributed by atoms with van der Waals surface area (Å²) in [6.07, 6.45) is 2.06. The molecule has 2 atom stereocenters. The summed E-state index contributed by atoms with van der Waals surface area (Å²) in [5.74, 6) is -0.787. The first-order valence-electron chi connectivity index (χ1n) is 12.6. The average molecular weight is 682 g/mol. The highest BCUT2D eigenvalue weighted by molar-refractivity contribution is 14.1. The van der Waals surface area contributed by atoms with Gasteiger partial charge in [-0.1, -0.05) is 61.0 Å². The van der Waals surface area contributed by atoms with Gasteiger partial charge in [-0.3, -0.25) is 13.9 Å². The largest absolute Gasteiger partial charge is 0.352 e. The summed E-state index contributed by atoms with van der Waals surface area (Å²) in [4.78, 5) is 29.1. The van der Waals surface area contributed by atoms with Gasteiger partial charge in [-0.25, -0.2) is 8.42 Å². The summed E-state index contributed by atoms with van der Waals surface area (Å²) >= 11 is 8.22. The molecule has 0 heterocycles. The normalized spacial score (nSPS) is 12.8. The van der Waals surface area contributed by atoms with Crippen LogP contribution in [0.5, 0.6) is 0 Å². The van der Waals surface area contributed by atoms with Crippen molar-refractivity contribution in [3.8, 4) is 0 Å².